The van der Waals surface area contributed by atoms with Crippen molar-refractivity contribution >= 4 is 27.2 Å². The molecular weight excluding hydrogens is 422 g/mol. The van der Waals surface area contributed by atoms with Crippen molar-refractivity contribution in [3.63, 3.8) is 0 Å². The standard InChI is InChI=1S/C21H23N3O4S2/c1-15-4-7-17(8-5-15)30(25,26)18(13-22)14-24-21(29)23-11-10-16-6-9-19(27-2)20(12-16)28-3/h4-9,12,14H,10-11H2,1-3H3,(H2,23,24,29)/b18-14+. The number of nitriles is 1. The molecule has 0 saturated heterocycles. The topological polar surface area (TPSA) is 100 Å². The van der Waals surface area contributed by atoms with E-state index in [1.807, 2.05) is 25.1 Å². The second-order valence-corrected chi connectivity index (χ2v) is 8.60. The summed E-state index contributed by atoms with van der Waals surface area (Å²) in [6.45, 7) is 2.35. The second kappa shape index (κ2) is 10.6. The zero-order valence-corrected chi connectivity index (χ0v) is 18.6. The number of thiocarbonyl (C=S) groups is 1. The molecule has 0 aliphatic heterocycles. The third kappa shape index (κ3) is 5.95. The van der Waals surface area contributed by atoms with E-state index in [1.165, 1.54) is 12.1 Å². The van der Waals surface area contributed by atoms with Gasteiger partial charge < -0.3 is 20.1 Å². The molecule has 0 atom stereocenters. The highest BCUT2D eigenvalue weighted by molar-refractivity contribution is 7.95. The average Bonchev–Trinajstić information content (AvgIpc) is 2.74. The Hall–Kier alpha value is -3.09. The van der Waals surface area contributed by atoms with Crippen LogP contribution in [-0.4, -0.2) is 34.3 Å². The van der Waals surface area contributed by atoms with Gasteiger partial charge in [-0.25, -0.2) is 8.42 Å². The summed E-state index contributed by atoms with van der Waals surface area (Å²) in [5.41, 5.74) is 1.94. The van der Waals surface area contributed by atoms with Crippen LogP contribution >= 0.6 is 12.2 Å². The molecule has 0 heterocycles. The van der Waals surface area contributed by atoms with E-state index in [4.69, 9.17) is 21.7 Å². The van der Waals surface area contributed by atoms with Crippen LogP contribution in [0.2, 0.25) is 0 Å². The molecule has 2 rings (SSSR count). The Bertz CT molecular complexity index is 1070. The fourth-order valence-electron chi connectivity index (χ4n) is 2.55. The minimum absolute atomic E-state index is 0.0510. The number of hydrogen-bond donors (Lipinski definition) is 2. The van der Waals surface area contributed by atoms with Gasteiger partial charge in [0.2, 0.25) is 9.84 Å². The van der Waals surface area contributed by atoms with E-state index in [0.717, 1.165) is 17.3 Å². The Labute approximate surface area is 182 Å². The largest absolute Gasteiger partial charge is 0.493 e. The number of rotatable bonds is 8. The normalized spacial score (nSPS) is 11.3. The van der Waals surface area contributed by atoms with Crippen molar-refractivity contribution < 1.29 is 17.9 Å². The van der Waals surface area contributed by atoms with Crippen LogP contribution in [0.1, 0.15) is 11.1 Å². The van der Waals surface area contributed by atoms with Gasteiger partial charge in [0.05, 0.1) is 19.1 Å². The van der Waals surface area contributed by atoms with Gasteiger partial charge in [-0.15, -0.1) is 0 Å². The van der Waals surface area contributed by atoms with Crippen molar-refractivity contribution in [1.29, 1.82) is 5.26 Å². The molecule has 7 nitrogen and oxygen atoms in total. The Balaban J connectivity index is 1.96. The number of aryl methyl sites for hydroxylation is 1. The number of benzene rings is 2. The van der Waals surface area contributed by atoms with Crippen LogP contribution in [0.3, 0.4) is 0 Å². The summed E-state index contributed by atoms with van der Waals surface area (Å²) in [6.07, 6.45) is 1.75. The average molecular weight is 446 g/mol. The van der Waals surface area contributed by atoms with Gasteiger partial charge in [0.15, 0.2) is 21.5 Å². The van der Waals surface area contributed by atoms with Gasteiger partial charge in [0.25, 0.3) is 0 Å². The molecule has 0 amide bonds. The minimum atomic E-state index is -3.92. The fraction of sp³-hybridized carbons (Fsp3) is 0.238. The van der Waals surface area contributed by atoms with Gasteiger partial charge in [0, 0.05) is 12.7 Å². The minimum Gasteiger partial charge on any atom is -0.493 e. The molecule has 2 aromatic rings. The van der Waals surface area contributed by atoms with Gasteiger partial charge in [-0.05, 0) is 55.4 Å². The van der Waals surface area contributed by atoms with E-state index in [-0.39, 0.29) is 10.0 Å². The van der Waals surface area contributed by atoms with E-state index in [2.05, 4.69) is 10.6 Å². The van der Waals surface area contributed by atoms with Crippen molar-refractivity contribution in [1.82, 2.24) is 10.6 Å². The maximum atomic E-state index is 12.6. The fourth-order valence-corrected chi connectivity index (χ4v) is 3.80. The first-order chi connectivity index (χ1) is 14.3. The van der Waals surface area contributed by atoms with Crippen LogP contribution in [-0.2, 0) is 16.3 Å². The van der Waals surface area contributed by atoms with Gasteiger partial charge >= 0.3 is 0 Å². The molecule has 0 radical (unpaired) electrons. The molecule has 0 saturated carbocycles. The molecule has 30 heavy (non-hydrogen) atoms. The highest BCUT2D eigenvalue weighted by atomic mass is 32.2. The number of nitrogens with zero attached hydrogens (tertiary/aromatic N) is 1. The summed E-state index contributed by atoms with van der Waals surface area (Å²) in [6, 6.07) is 13.6. The predicted molar refractivity (Wildman–Crippen MR) is 119 cm³/mol. The van der Waals surface area contributed by atoms with Crippen molar-refractivity contribution in [3.05, 3.63) is 64.7 Å². The van der Waals surface area contributed by atoms with Crippen LogP contribution < -0.4 is 20.1 Å². The van der Waals surface area contributed by atoms with Crippen molar-refractivity contribution in [2.24, 2.45) is 0 Å². The third-order valence-electron chi connectivity index (χ3n) is 4.21. The van der Waals surface area contributed by atoms with E-state index in [9.17, 15) is 13.7 Å². The van der Waals surface area contributed by atoms with E-state index in [1.54, 1.807) is 32.4 Å². The zero-order chi connectivity index (χ0) is 22.1. The predicted octanol–water partition coefficient (Wildman–Crippen LogP) is 2.86. The molecule has 0 fully saturated rings. The third-order valence-corrected chi connectivity index (χ3v) is 6.16. The maximum absolute atomic E-state index is 12.6. The number of allylic oxidation sites excluding steroid dienone is 1. The Kier molecular flexibility index (Phi) is 8.21. The SMILES string of the molecule is COc1ccc(CCNC(=S)N/C=C(\C#N)S(=O)(=O)c2ccc(C)cc2)cc1OC. The van der Waals surface area contributed by atoms with Crippen molar-refractivity contribution in [3.8, 4) is 17.6 Å². The Morgan fingerprint density at radius 1 is 1.13 bits per heavy atom. The number of nitrogens with one attached hydrogen (secondary N) is 2. The summed E-state index contributed by atoms with van der Waals surface area (Å²) in [5, 5.41) is 15.1. The number of sulfone groups is 1. The van der Waals surface area contributed by atoms with Gasteiger partial charge in [-0.3, -0.25) is 0 Å². The molecule has 0 aromatic heterocycles. The molecular formula is C21H23N3O4S2. The first kappa shape index (κ1) is 23.2. The first-order valence-corrected chi connectivity index (χ1v) is 10.9. The summed E-state index contributed by atoms with van der Waals surface area (Å²) in [4.78, 5) is -0.370. The van der Waals surface area contributed by atoms with Gasteiger partial charge in [0.1, 0.15) is 6.07 Å². The highest BCUT2D eigenvalue weighted by Crippen LogP contribution is 2.27. The molecule has 2 aromatic carbocycles. The number of hydrogen-bond acceptors (Lipinski definition) is 6. The molecule has 0 aliphatic rings. The van der Waals surface area contributed by atoms with E-state index >= 15 is 0 Å². The zero-order valence-electron chi connectivity index (χ0n) is 16.9. The molecule has 0 unspecified atom stereocenters. The van der Waals surface area contributed by atoms with Crippen LogP contribution in [0.5, 0.6) is 11.5 Å². The molecule has 2 N–H and O–H groups in total. The molecule has 158 valence electrons. The second-order valence-electron chi connectivity index (χ2n) is 6.28. The summed E-state index contributed by atoms with van der Waals surface area (Å²) in [7, 11) is -0.770. The van der Waals surface area contributed by atoms with Crippen LogP contribution in [0.4, 0.5) is 0 Å². The Morgan fingerprint density at radius 3 is 2.40 bits per heavy atom. The number of methoxy groups -OCH3 is 2. The summed E-state index contributed by atoms with van der Waals surface area (Å²) < 4.78 is 35.7. The van der Waals surface area contributed by atoms with Crippen LogP contribution in [0, 0.1) is 18.3 Å². The summed E-state index contributed by atoms with van der Waals surface area (Å²) in [5.74, 6) is 1.29. The lowest BCUT2D eigenvalue weighted by Gasteiger charge is -2.11. The van der Waals surface area contributed by atoms with E-state index < -0.39 is 14.7 Å². The lowest BCUT2D eigenvalue weighted by atomic mass is 10.1. The molecule has 0 spiro atoms. The number of ether oxygens (including phenoxy) is 2. The lowest BCUT2D eigenvalue weighted by molar-refractivity contribution is 0.354. The summed E-state index contributed by atoms with van der Waals surface area (Å²) >= 11 is 5.16. The van der Waals surface area contributed by atoms with E-state index in [0.29, 0.717) is 24.5 Å². The van der Waals surface area contributed by atoms with Crippen molar-refractivity contribution in [2.75, 3.05) is 20.8 Å². The quantitative estimate of drug-likeness (QED) is 0.473. The maximum Gasteiger partial charge on any atom is 0.218 e. The first-order valence-electron chi connectivity index (χ1n) is 8.99. The molecule has 0 bridgehead atoms. The Morgan fingerprint density at radius 2 is 1.80 bits per heavy atom. The van der Waals surface area contributed by atoms with Gasteiger partial charge in [-0.2, -0.15) is 5.26 Å². The molecule has 9 heteroatoms. The molecule has 0 aliphatic carbocycles. The van der Waals surface area contributed by atoms with Crippen LogP contribution in [0.25, 0.3) is 0 Å². The lowest BCUT2D eigenvalue weighted by Crippen LogP contribution is -2.33. The smallest absolute Gasteiger partial charge is 0.218 e. The monoisotopic (exact) mass is 445 g/mol. The van der Waals surface area contributed by atoms with Crippen molar-refractivity contribution in [2.45, 2.75) is 18.2 Å². The van der Waals surface area contributed by atoms with Crippen LogP contribution in [0.15, 0.2) is 58.5 Å². The highest BCUT2D eigenvalue weighted by Gasteiger charge is 2.20. The van der Waals surface area contributed by atoms with Gasteiger partial charge in [-0.1, -0.05) is 23.8 Å².